The van der Waals surface area contributed by atoms with E-state index in [2.05, 4.69) is 15.9 Å². The van der Waals surface area contributed by atoms with Crippen LogP contribution >= 0.6 is 15.9 Å². The van der Waals surface area contributed by atoms with Crippen molar-refractivity contribution in [3.8, 4) is 0 Å². The van der Waals surface area contributed by atoms with Gasteiger partial charge in [-0.3, -0.25) is 0 Å². The molecule has 0 fully saturated rings. The SMILES string of the molecule is Fc1c(C(Br)c2ccccc2)cccc1C(F)(F)F. The van der Waals surface area contributed by atoms with E-state index in [0.29, 0.717) is 5.56 Å². The largest absolute Gasteiger partial charge is 0.419 e. The molecule has 1 unspecified atom stereocenters. The van der Waals surface area contributed by atoms with Crippen LogP contribution in [0.2, 0.25) is 0 Å². The summed E-state index contributed by atoms with van der Waals surface area (Å²) in [5.41, 5.74) is -0.577. The van der Waals surface area contributed by atoms with Crippen molar-refractivity contribution in [1.29, 1.82) is 0 Å². The van der Waals surface area contributed by atoms with Crippen LogP contribution in [-0.2, 0) is 6.18 Å². The summed E-state index contributed by atoms with van der Waals surface area (Å²) in [7, 11) is 0. The summed E-state index contributed by atoms with van der Waals surface area (Å²) in [6.07, 6.45) is -4.69. The fourth-order valence-electron chi connectivity index (χ4n) is 1.77. The monoisotopic (exact) mass is 332 g/mol. The first-order valence-corrected chi connectivity index (χ1v) is 6.37. The Labute approximate surface area is 116 Å². The number of rotatable bonds is 2. The maximum Gasteiger partial charge on any atom is 0.419 e. The lowest BCUT2D eigenvalue weighted by molar-refractivity contribution is -0.140. The normalized spacial score (nSPS) is 13.3. The highest BCUT2D eigenvalue weighted by Crippen LogP contribution is 2.38. The number of benzene rings is 2. The van der Waals surface area contributed by atoms with E-state index in [1.165, 1.54) is 12.1 Å². The molecule has 0 aliphatic carbocycles. The molecule has 2 aromatic rings. The van der Waals surface area contributed by atoms with Crippen molar-refractivity contribution in [2.24, 2.45) is 0 Å². The Morgan fingerprint density at radius 2 is 1.53 bits per heavy atom. The Kier molecular flexibility index (Phi) is 3.94. The average Bonchev–Trinajstić information content (AvgIpc) is 2.38. The average molecular weight is 333 g/mol. The molecule has 0 saturated heterocycles. The van der Waals surface area contributed by atoms with E-state index in [9.17, 15) is 17.6 Å². The van der Waals surface area contributed by atoms with Crippen LogP contribution in [0.15, 0.2) is 48.5 Å². The summed E-state index contributed by atoms with van der Waals surface area (Å²) >= 11 is 3.24. The van der Waals surface area contributed by atoms with Gasteiger partial charge in [-0.2, -0.15) is 13.2 Å². The fraction of sp³-hybridized carbons (Fsp3) is 0.143. The van der Waals surface area contributed by atoms with Gasteiger partial charge in [-0.05, 0) is 11.6 Å². The third kappa shape index (κ3) is 2.97. The Morgan fingerprint density at radius 3 is 2.11 bits per heavy atom. The van der Waals surface area contributed by atoms with Crippen molar-refractivity contribution in [2.45, 2.75) is 11.0 Å². The predicted molar refractivity (Wildman–Crippen MR) is 68.6 cm³/mol. The van der Waals surface area contributed by atoms with Gasteiger partial charge in [0.2, 0.25) is 0 Å². The number of alkyl halides is 4. The molecule has 0 bridgehead atoms. The van der Waals surface area contributed by atoms with Crippen LogP contribution in [0.25, 0.3) is 0 Å². The standard InChI is InChI=1S/C14H9BrF4/c15-12(9-5-2-1-3-6-9)10-7-4-8-11(13(10)16)14(17,18)19/h1-8,12H. The van der Waals surface area contributed by atoms with Gasteiger partial charge in [-0.1, -0.05) is 58.4 Å². The van der Waals surface area contributed by atoms with Gasteiger partial charge in [0, 0.05) is 5.56 Å². The van der Waals surface area contributed by atoms with Crippen molar-refractivity contribution in [2.75, 3.05) is 0 Å². The molecule has 2 aromatic carbocycles. The summed E-state index contributed by atoms with van der Waals surface area (Å²) in [6.45, 7) is 0. The van der Waals surface area contributed by atoms with E-state index in [-0.39, 0.29) is 5.56 Å². The highest BCUT2D eigenvalue weighted by Gasteiger charge is 2.35. The molecule has 0 amide bonds. The van der Waals surface area contributed by atoms with E-state index in [4.69, 9.17) is 0 Å². The third-order valence-corrected chi connectivity index (χ3v) is 3.72. The molecule has 0 aliphatic rings. The minimum atomic E-state index is -4.69. The topological polar surface area (TPSA) is 0 Å². The second-order valence-electron chi connectivity index (χ2n) is 3.98. The van der Waals surface area contributed by atoms with Crippen LogP contribution < -0.4 is 0 Å². The molecule has 0 N–H and O–H groups in total. The zero-order valence-corrected chi connectivity index (χ0v) is 11.2. The van der Waals surface area contributed by atoms with E-state index >= 15 is 0 Å². The van der Waals surface area contributed by atoms with E-state index < -0.39 is 22.4 Å². The second-order valence-corrected chi connectivity index (χ2v) is 4.90. The zero-order chi connectivity index (χ0) is 14.0. The van der Waals surface area contributed by atoms with Crippen LogP contribution in [0.4, 0.5) is 17.6 Å². The van der Waals surface area contributed by atoms with Gasteiger partial charge in [0.25, 0.3) is 0 Å². The van der Waals surface area contributed by atoms with Crippen molar-refractivity contribution in [3.05, 3.63) is 71.0 Å². The molecule has 0 heterocycles. The van der Waals surface area contributed by atoms with Gasteiger partial charge < -0.3 is 0 Å². The molecule has 19 heavy (non-hydrogen) atoms. The zero-order valence-electron chi connectivity index (χ0n) is 9.59. The Balaban J connectivity index is 2.47. The van der Waals surface area contributed by atoms with Gasteiger partial charge >= 0.3 is 6.18 Å². The highest BCUT2D eigenvalue weighted by molar-refractivity contribution is 9.09. The number of hydrogen-bond donors (Lipinski definition) is 0. The molecule has 5 heteroatoms. The lowest BCUT2D eigenvalue weighted by atomic mass is 10.0. The van der Waals surface area contributed by atoms with Gasteiger partial charge in [0.05, 0.1) is 10.4 Å². The third-order valence-electron chi connectivity index (χ3n) is 2.70. The molecule has 0 radical (unpaired) electrons. The maximum absolute atomic E-state index is 14.0. The van der Waals surface area contributed by atoms with Crippen LogP contribution in [0.1, 0.15) is 21.5 Å². The first-order valence-electron chi connectivity index (χ1n) is 5.46. The lowest BCUT2D eigenvalue weighted by Gasteiger charge is -2.15. The van der Waals surface area contributed by atoms with Crippen LogP contribution in [0, 0.1) is 5.82 Å². The maximum atomic E-state index is 14.0. The summed E-state index contributed by atoms with van der Waals surface area (Å²) in [4.78, 5) is -0.615. The Morgan fingerprint density at radius 1 is 0.895 bits per heavy atom. The summed E-state index contributed by atoms with van der Waals surface area (Å²) in [5, 5.41) is 0. The summed E-state index contributed by atoms with van der Waals surface area (Å²) in [6, 6.07) is 12.0. The quantitative estimate of drug-likeness (QED) is 0.515. The summed E-state index contributed by atoms with van der Waals surface area (Å²) in [5.74, 6) is -1.24. The van der Waals surface area contributed by atoms with Crippen molar-refractivity contribution >= 4 is 15.9 Å². The Bertz CT molecular complexity index is 563. The molecule has 0 aliphatic heterocycles. The lowest BCUT2D eigenvalue weighted by Crippen LogP contribution is -2.10. The van der Waals surface area contributed by atoms with Crippen LogP contribution in [0.3, 0.4) is 0 Å². The van der Waals surface area contributed by atoms with Crippen molar-refractivity contribution in [1.82, 2.24) is 0 Å². The van der Waals surface area contributed by atoms with Gasteiger partial charge in [0.1, 0.15) is 5.82 Å². The van der Waals surface area contributed by atoms with Gasteiger partial charge in [-0.15, -0.1) is 0 Å². The minimum Gasteiger partial charge on any atom is -0.206 e. The van der Waals surface area contributed by atoms with E-state index in [1.807, 2.05) is 0 Å². The van der Waals surface area contributed by atoms with Crippen molar-refractivity contribution < 1.29 is 17.6 Å². The molecule has 2 rings (SSSR count). The molecular formula is C14H9BrF4. The van der Waals surface area contributed by atoms with E-state index in [1.54, 1.807) is 30.3 Å². The first kappa shape index (κ1) is 14.1. The molecule has 1 atom stereocenters. The highest BCUT2D eigenvalue weighted by atomic mass is 79.9. The predicted octanol–water partition coefficient (Wildman–Crippen LogP) is 5.33. The first-order chi connectivity index (χ1) is 8.91. The molecule has 0 aromatic heterocycles. The van der Waals surface area contributed by atoms with Crippen LogP contribution in [-0.4, -0.2) is 0 Å². The van der Waals surface area contributed by atoms with Crippen molar-refractivity contribution in [3.63, 3.8) is 0 Å². The summed E-state index contributed by atoms with van der Waals surface area (Å²) < 4.78 is 51.9. The van der Waals surface area contributed by atoms with Gasteiger partial charge in [0.15, 0.2) is 0 Å². The smallest absolute Gasteiger partial charge is 0.206 e. The minimum absolute atomic E-state index is 0.0268. The molecule has 0 nitrogen and oxygen atoms in total. The number of hydrogen-bond acceptors (Lipinski definition) is 0. The fourth-order valence-corrected chi connectivity index (χ4v) is 2.42. The van der Waals surface area contributed by atoms with Gasteiger partial charge in [-0.25, -0.2) is 4.39 Å². The Hall–Kier alpha value is -1.36. The van der Waals surface area contributed by atoms with E-state index in [0.717, 1.165) is 6.07 Å². The molecule has 0 saturated carbocycles. The second kappa shape index (κ2) is 5.33. The number of halogens is 5. The van der Waals surface area contributed by atoms with Crippen LogP contribution in [0.5, 0.6) is 0 Å². The molecular weight excluding hydrogens is 324 g/mol. The molecule has 100 valence electrons. The molecule has 0 spiro atoms.